The highest BCUT2D eigenvalue weighted by molar-refractivity contribution is 6.31. The number of hydrogen-bond donors (Lipinski definition) is 5. The summed E-state index contributed by atoms with van der Waals surface area (Å²) in [5, 5.41) is 55.3. The number of phenolic OH excluding ortho intramolecular Hbond substituents is 3. The van der Waals surface area contributed by atoms with Crippen LogP contribution in [0.3, 0.4) is 0 Å². The maximum absolute atomic E-state index is 13.5. The summed E-state index contributed by atoms with van der Waals surface area (Å²) in [4.78, 5) is 28.7. The van der Waals surface area contributed by atoms with E-state index in [2.05, 4.69) is 0 Å². The van der Waals surface area contributed by atoms with E-state index in [0.29, 0.717) is 0 Å². The van der Waals surface area contributed by atoms with Gasteiger partial charge in [-0.15, -0.1) is 0 Å². The van der Waals surface area contributed by atoms with Crippen LogP contribution < -0.4 is 0 Å². The van der Waals surface area contributed by atoms with Gasteiger partial charge in [0, 0.05) is 29.2 Å². The first kappa shape index (κ1) is 26.6. The van der Waals surface area contributed by atoms with E-state index in [9.17, 15) is 35.1 Å². The van der Waals surface area contributed by atoms with Crippen molar-refractivity contribution in [3.8, 4) is 17.2 Å². The number of carbonyl (C=O) groups is 2. The zero-order chi connectivity index (χ0) is 27.7. The summed E-state index contributed by atoms with van der Waals surface area (Å²) in [6.45, 7) is 3.48. The molecule has 2 aliphatic carbocycles. The second-order valence-electron chi connectivity index (χ2n) is 10.7. The molecule has 0 saturated carbocycles. The highest BCUT2D eigenvalue weighted by atomic mass is 16.7. The van der Waals surface area contributed by atoms with Crippen molar-refractivity contribution in [3.63, 3.8) is 0 Å². The summed E-state index contributed by atoms with van der Waals surface area (Å²) in [5.41, 5.74) is -2.34. The van der Waals surface area contributed by atoms with Crippen molar-refractivity contribution in [1.29, 1.82) is 0 Å². The third-order valence-electron chi connectivity index (χ3n) is 8.36. The summed E-state index contributed by atoms with van der Waals surface area (Å²) in [6.07, 6.45) is -2.64. The fourth-order valence-electron chi connectivity index (χ4n) is 6.08. The van der Waals surface area contributed by atoms with Crippen LogP contribution >= 0.6 is 0 Å². The van der Waals surface area contributed by atoms with Gasteiger partial charge in [-0.2, -0.15) is 0 Å². The van der Waals surface area contributed by atoms with Gasteiger partial charge < -0.3 is 39.9 Å². The molecule has 0 aromatic heterocycles. The number of benzene rings is 2. The third kappa shape index (κ3) is 3.82. The highest BCUT2D eigenvalue weighted by Crippen LogP contribution is 2.53. The molecule has 5 rings (SSSR count). The lowest BCUT2D eigenvalue weighted by Crippen LogP contribution is -2.54. The summed E-state index contributed by atoms with van der Waals surface area (Å²) >= 11 is 0. The molecular formula is C28H33NO9. The van der Waals surface area contributed by atoms with Crippen LogP contribution in [0.4, 0.5) is 0 Å². The molecule has 0 unspecified atom stereocenters. The maximum Gasteiger partial charge on any atom is 0.202 e. The van der Waals surface area contributed by atoms with E-state index in [-0.39, 0.29) is 59.5 Å². The Bertz CT molecular complexity index is 1320. The molecule has 10 heteroatoms. The molecule has 1 heterocycles. The van der Waals surface area contributed by atoms with Gasteiger partial charge in [0.25, 0.3) is 0 Å². The van der Waals surface area contributed by atoms with Crippen LogP contribution in [0.25, 0.3) is 0 Å². The first-order valence-electron chi connectivity index (χ1n) is 12.8. The number of aromatic hydroxyl groups is 3. The predicted octanol–water partition coefficient (Wildman–Crippen LogP) is 2.15. The van der Waals surface area contributed by atoms with Gasteiger partial charge in [0.15, 0.2) is 12.1 Å². The largest absolute Gasteiger partial charge is 0.507 e. The summed E-state index contributed by atoms with van der Waals surface area (Å²) < 4.78 is 12.2. The Kier molecular flexibility index (Phi) is 6.52. The van der Waals surface area contributed by atoms with Crippen molar-refractivity contribution >= 4 is 11.6 Å². The van der Waals surface area contributed by atoms with Crippen LogP contribution in [0, 0.1) is 0 Å². The van der Waals surface area contributed by atoms with Gasteiger partial charge in [-0.25, -0.2) is 0 Å². The topological polar surface area (TPSA) is 157 Å². The molecule has 5 N–H and O–H groups in total. The minimum atomic E-state index is -1.47. The molecule has 1 aliphatic heterocycles. The van der Waals surface area contributed by atoms with E-state index < -0.39 is 64.6 Å². The monoisotopic (exact) mass is 527 g/mol. The van der Waals surface area contributed by atoms with Gasteiger partial charge in [-0.3, -0.25) is 9.59 Å². The van der Waals surface area contributed by atoms with Crippen LogP contribution in [0.15, 0.2) is 18.2 Å². The number of aliphatic hydroxyl groups is 2. The van der Waals surface area contributed by atoms with E-state index in [1.54, 1.807) is 13.8 Å². The lowest BCUT2D eigenvalue weighted by Gasteiger charge is -2.46. The van der Waals surface area contributed by atoms with Gasteiger partial charge in [-0.05, 0) is 46.3 Å². The summed E-state index contributed by atoms with van der Waals surface area (Å²) in [7, 11) is 3.66. The molecule has 0 spiro atoms. The Labute approximate surface area is 220 Å². The highest BCUT2D eigenvalue weighted by Gasteiger charge is 2.50. The van der Waals surface area contributed by atoms with E-state index in [4.69, 9.17) is 9.47 Å². The van der Waals surface area contributed by atoms with Gasteiger partial charge in [0.2, 0.25) is 5.78 Å². The van der Waals surface area contributed by atoms with Crippen molar-refractivity contribution in [2.75, 3.05) is 14.1 Å². The van der Waals surface area contributed by atoms with Crippen molar-refractivity contribution in [2.24, 2.45) is 0 Å². The van der Waals surface area contributed by atoms with Crippen LogP contribution in [-0.2, 0) is 15.9 Å². The number of nitrogens with zero attached hydrogens (tertiary/aromatic N) is 1. The predicted molar refractivity (Wildman–Crippen MR) is 135 cm³/mol. The lowest BCUT2D eigenvalue weighted by atomic mass is 9.71. The smallest absolute Gasteiger partial charge is 0.202 e. The van der Waals surface area contributed by atoms with Crippen LogP contribution in [0.5, 0.6) is 17.2 Å². The van der Waals surface area contributed by atoms with E-state index in [1.807, 2.05) is 19.0 Å². The van der Waals surface area contributed by atoms with Gasteiger partial charge in [0.1, 0.15) is 23.4 Å². The molecule has 0 bridgehead atoms. The first-order chi connectivity index (χ1) is 17.9. The number of rotatable bonds is 4. The Balaban J connectivity index is 1.65. The minimum absolute atomic E-state index is 0.0328. The van der Waals surface area contributed by atoms with Gasteiger partial charge >= 0.3 is 0 Å². The first-order valence-corrected chi connectivity index (χ1v) is 12.8. The number of ether oxygens (including phenoxy) is 2. The number of phenols is 3. The Morgan fingerprint density at radius 1 is 1.08 bits per heavy atom. The molecule has 38 heavy (non-hydrogen) atoms. The van der Waals surface area contributed by atoms with Crippen LogP contribution in [0.2, 0.25) is 0 Å². The maximum atomic E-state index is 13.5. The SMILES string of the molecule is CC[C@@]1(O)CCc2c(O)c3c(c(O)c2[C@H]1O[C@H]1C[C@H](N(C)C)[C@@H](O)[C@@H](C)O1)C(=O)c1cccc(O)c1C3=O. The molecule has 0 radical (unpaired) electrons. The Morgan fingerprint density at radius 3 is 2.42 bits per heavy atom. The molecule has 1 fully saturated rings. The second kappa shape index (κ2) is 9.32. The average Bonchev–Trinajstić information content (AvgIpc) is 2.87. The molecule has 1 saturated heterocycles. The minimum Gasteiger partial charge on any atom is -0.507 e. The number of hydrogen-bond acceptors (Lipinski definition) is 10. The Hall–Kier alpha value is -3.02. The molecule has 2 aromatic rings. The normalized spacial score (nSPS) is 30.7. The summed E-state index contributed by atoms with van der Waals surface area (Å²) in [5.74, 6) is -2.94. The molecule has 10 nitrogen and oxygen atoms in total. The zero-order valence-corrected chi connectivity index (χ0v) is 21.8. The van der Waals surface area contributed by atoms with Crippen molar-refractivity contribution in [3.05, 3.63) is 51.6 Å². The zero-order valence-electron chi connectivity index (χ0n) is 21.8. The number of carbonyl (C=O) groups excluding carboxylic acids is 2. The van der Waals surface area contributed by atoms with Crippen LogP contribution in [0.1, 0.15) is 82.2 Å². The van der Waals surface area contributed by atoms with Gasteiger partial charge in [-0.1, -0.05) is 19.1 Å². The van der Waals surface area contributed by atoms with Crippen molar-refractivity contribution in [1.82, 2.24) is 4.90 Å². The molecular weight excluding hydrogens is 494 g/mol. The molecule has 0 amide bonds. The molecule has 6 atom stereocenters. The fourth-order valence-corrected chi connectivity index (χ4v) is 6.08. The van der Waals surface area contributed by atoms with E-state index in [1.165, 1.54) is 18.2 Å². The number of likely N-dealkylation sites (N-methyl/N-ethyl adjacent to an activating group) is 1. The average molecular weight is 528 g/mol. The number of aliphatic hydroxyl groups excluding tert-OH is 1. The van der Waals surface area contributed by atoms with Crippen LogP contribution in [-0.4, -0.2) is 86.2 Å². The molecule has 3 aliphatic rings. The number of fused-ring (bicyclic) bond motifs is 3. The van der Waals surface area contributed by atoms with Gasteiger partial charge in [0.05, 0.1) is 34.5 Å². The standard InChI is InChI=1S/C28H33NO9/c1-5-28(36)10-9-14-19(27(28)38-17-11-15(29(3)4)22(31)12(2)37-17)26(35)21-20(24(14)33)25(34)18-13(23(21)32)7-6-8-16(18)30/h6-8,12,15,17,22,27,30-31,33,35-36H,5,9-11H2,1-4H3/t12-,15+,17+,22+,27-,28-/m1/s1. The lowest BCUT2D eigenvalue weighted by molar-refractivity contribution is -0.276. The second-order valence-corrected chi connectivity index (χ2v) is 10.7. The van der Waals surface area contributed by atoms with E-state index in [0.717, 1.165) is 0 Å². The van der Waals surface area contributed by atoms with Crippen molar-refractivity contribution < 1.29 is 44.6 Å². The van der Waals surface area contributed by atoms with Crippen molar-refractivity contribution in [2.45, 2.75) is 75.8 Å². The third-order valence-corrected chi connectivity index (χ3v) is 8.36. The quantitative estimate of drug-likeness (QED) is 0.319. The Morgan fingerprint density at radius 2 is 1.76 bits per heavy atom. The van der Waals surface area contributed by atoms with E-state index >= 15 is 0 Å². The molecule has 2 aromatic carbocycles. The number of ketones is 2. The summed E-state index contributed by atoms with van der Waals surface area (Å²) in [6, 6.07) is 3.77. The fraction of sp³-hybridized carbons (Fsp3) is 0.500. The molecule has 204 valence electrons.